The van der Waals surface area contributed by atoms with Crippen LogP contribution in [0.4, 0.5) is 0 Å². The van der Waals surface area contributed by atoms with E-state index in [0.717, 1.165) is 24.2 Å². The van der Waals surface area contributed by atoms with Gasteiger partial charge in [0.05, 0.1) is 0 Å². The fourth-order valence-corrected chi connectivity index (χ4v) is 4.01. The van der Waals surface area contributed by atoms with Crippen molar-refractivity contribution in [2.45, 2.75) is 31.8 Å². The third-order valence-electron chi connectivity index (χ3n) is 4.87. The van der Waals surface area contributed by atoms with Crippen LogP contribution in [0.15, 0.2) is 18.2 Å². The van der Waals surface area contributed by atoms with Crippen LogP contribution in [0.1, 0.15) is 30.0 Å². The van der Waals surface area contributed by atoms with Crippen LogP contribution < -0.4 is 5.73 Å². The van der Waals surface area contributed by atoms with Crippen molar-refractivity contribution in [3.8, 4) is 0 Å². The lowest BCUT2D eigenvalue weighted by Gasteiger charge is -2.41. The van der Waals surface area contributed by atoms with Crippen molar-refractivity contribution in [3.05, 3.63) is 34.3 Å². The second kappa shape index (κ2) is 6.02. The van der Waals surface area contributed by atoms with Crippen LogP contribution in [0.3, 0.4) is 0 Å². The minimum atomic E-state index is 0.329. The normalized spacial score (nSPS) is 25.6. The number of benzene rings is 1. The molecule has 3 rings (SSSR count). The van der Waals surface area contributed by atoms with Crippen LogP contribution >= 0.6 is 11.6 Å². The van der Waals surface area contributed by atoms with E-state index in [0.29, 0.717) is 12.6 Å². The minimum absolute atomic E-state index is 0.329. The van der Waals surface area contributed by atoms with Crippen molar-refractivity contribution >= 4 is 11.6 Å². The Morgan fingerprint density at radius 2 is 2.20 bits per heavy atom. The van der Waals surface area contributed by atoms with Crippen molar-refractivity contribution in [1.82, 2.24) is 9.80 Å². The second-order valence-corrected chi connectivity index (χ2v) is 6.52. The number of halogens is 1. The number of piperazine rings is 1. The van der Waals surface area contributed by atoms with Gasteiger partial charge in [-0.1, -0.05) is 17.7 Å². The maximum absolute atomic E-state index is 6.09. The highest BCUT2D eigenvalue weighted by molar-refractivity contribution is 6.30. The molecular weight excluding hydrogens is 270 g/mol. The van der Waals surface area contributed by atoms with E-state index in [1.807, 2.05) is 12.1 Å². The lowest BCUT2D eigenvalue weighted by Crippen LogP contribution is -2.52. The summed E-state index contributed by atoms with van der Waals surface area (Å²) in [6.07, 6.45) is 2.69. The molecule has 0 aromatic heterocycles. The largest absolute Gasteiger partial charge is 0.329 e. The van der Waals surface area contributed by atoms with Gasteiger partial charge < -0.3 is 5.73 Å². The van der Waals surface area contributed by atoms with E-state index in [1.54, 1.807) is 0 Å². The number of nitrogens with zero attached hydrogens (tertiary/aromatic N) is 2. The third kappa shape index (κ3) is 2.73. The molecule has 2 heterocycles. The first-order chi connectivity index (χ1) is 9.69. The molecule has 2 atom stereocenters. The maximum Gasteiger partial charge on any atom is 0.0474 e. The van der Waals surface area contributed by atoms with Crippen LogP contribution in [0.5, 0.6) is 0 Å². The second-order valence-electron chi connectivity index (χ2n) is 6.08. The van der Waals surface area contributed by atoms with Gasteiger partial charge in [-0.3, -0.25) is 9.80 Å². The molecule has 2 aliphatic rings. The predicted molar refractivity (Wildman–Crippen MR) is 84.2 cm³/mol. The monoisotopic (exact) mass is 293 g/mol. The summed E-state index contributed by atoms with van der Waals surface area (Å²) in [7, 11) is 0. The molecule has 110 valence electrons. The SMILES string of the molecule is Cc1cc(Cl)ccc1C(CN)N1CCN2CCCC2C1. The molecule has 0 aliphatic carbocycles. The smallest absolute Gasteiger partial charge is 0.0474 e. The molecule has 1 aromatic rings. The molecular formula is C16H24ClN3. The average Bonchev–Trinajstić information content (AvgIpc) is 2.89. The molecule has 0 radical (unpaired) electrons. The van der Waals surface area contributed by atoms with Gasteiger partial charge in [-0.05, 0) is 49.6 Å². The van der Waals surface area contributed by atoms with Gasteiger partial charge in [0.25, 0.3) is 0 Å². The molecule has 0 spiro atoms. The fraction of sp³-hybridized carbons (Fsp3) is 0.625. The number of hydrogen-bond donors (Lipinski definition) is 1. The third-order valence-corrected chi connectivity index (χ3v) is 5.11. The van der Waals surface area contributed by atoms with Crippen molar-refractivity contribution in [2.75, 3.05) is 32.7 Å². The molecule has 0 amide bonds. The van der Waals surface area contributed by atoms with Gasteiger partial charge >= 0.3 is 0 Å². The standard InChI is InChI=1S/C16H24ClN3/c1-12-9-13(17)4-5-15(12)16(10-18)20-8-7-19-6-2-3-14(19)11-20/h4-5,9,14,16H,2-3,6-8,10-11,18H2,1H3. The maximum atomic E-state index is 6.09. The zero-order valence-electron chi connectivity index (χ0n) is 12.2. The summed E-state index contributed by atoms with van der Waals surface area (Å²) in [4.78, 5) is 5.21. The van der Waals surface area contributed by atoms with Crippen LogP contribution in [-0.2, 0) is 0 Å². The number of hydrogen-bond acceptors (Lipinski definition) is 3. The molecule has 0 bridgehead atoms. The molecule has 2 aliphatic heterocycles. The summed E-state index contributed by atoms with van der Waals surface area (Å²) in [5.41, 5.74) is 8.68. The van der Waals surface area contributed by atoms with E-state index in [2.05, 4.69) is 22.8 Å². The van der Waals surface area contributed by atoms with E-state index >= 15 is 0 Å². The molecule has 2 unspecified atom stereocenters. The Morgan fingerprint density at radius 1 is 1.35 bits per heavy atom. The summed E-state index contributed by atoms with van der Waals surface area (Å²) < 4.78 is 0. The molecule has 20 heavy (non-hydrogen) atoms. The molecule has 2 fully saturated rings. The van der Waals surface area contributed by atoms with E-state index in [9.17, 15) is 0 Å². The number of nitrogens with two attached hydrogens (primary N) is 1. The zero-order chi connectivity index (χ0) is 14.1. The van der Waals surface area contributed by atoms with Crippen LogP contribution in [-0.4, -0.2) is 48.6 Å². The van der Waals surface area contributed by atoms with Gasteiger partial charge in [-0.15, -0.1) is 0 Å². The quantitative estimate of drug-likeness (QED) is 0.929. The fourth-order valence-electron chi connectivity index (χ4n) is 3.78. The first-order valence-electron chi connectivity index (χ1n) is 7.63. The Labute approximate surface area is 126 Å². The highest BCUT2D eigenvalue weighted by atomic mass is 35.5. The molecule has 2 N–H and O–H groups in total. The Kier molecular flexibility index (Phi) is 4.32. The van der Waals surface area contributed by atoms with E-state index in [-0.39, 0.29) is 0 Å². The van der Waals surface area contributed by atoms with Crippen molar-refractivity contribution in [2.24, 2.45) is 5.73 Å². The first-order valence-corrected chi connectivity index (χ1v) is 8.01. The molecule has 3 nitrogen and oxygen atoms in total. The van der Waals surface area contributed by atoms with Gasteiger partial charge in [0.1, 0.15) is 0 Å². The molecule has 2 saturated heterocycles. The summed E-state index contributed by atoms with van der Waals surface area (Å²) in [5, 5.41) is 0.808. The van der Waals surface area contributed by atoms with Gasteiger partial charge in [-0.2, -0.15) is 0 Å². The lowest BCUT2D eigenvalue weighted by atomic mass is 9.98. The van der Waals surface area contributed by atoms with Gasteiger partial charge in [-0.25, -0.2) is 0 Å². The summed E-state index contributed by atoms with van der Waals surface area (Å²) >= 11 is 6.07. The average molecular weight is 294 g/mol. The number of aryl methyl sites for hydroxylation is 1. The number of rotatable bonds is 3. The summed E-state index contributed by atoms with van der Waals surface area (Å²) in [5.74, 6) is 0. The van der Waals surface area contributed by atoms with Crippen molar-refractivity contribution < 1.29 is 0 Å². The van der Waals surface area contributed by atoms with Gasteiger partial charge in [0.15, 0.2) is 0 Å². The number of fused-ring (bicyclic) bond motifs is 1. The molecule has 0 saturated carbocycles. The van der Waals surface area contributed by atoms with E-state index in [4.69, 9.17) is 17.3 Å². The van der Waals surface area contributed by atoms with Crippen LogP contribution in [0, 0.1) is 6.92 Å². The topological polar surface area (TPSA) is 32.5 Å². The van der Waals surface area contributed by atoms with Crippen LogP contribution in [0.25, 0.3) is 0 Å². The minimum Gasteiger partial charge on any atom is -0.329 e. The highest BCUT2D eigenvalue weighted by Gasteiger charge is 2.33. The molecule has 1 aromatic carbocycles. The van der Waals surface area contributed by atoms with E-state index < -0.39 is 0 Å². The van der Waals surface area contributed by atoms with Crippen LogP contribution in [0.2, 0.25) is 5.02 Å². The Bertz CT molecular complexity index is 477. The zero-order valence-corrected chi connectivity index (χ0v) is 12.9. The van der Waals surface area contributed by atoms with Crippen molar-refractivity contribution in [1.29, 1.82) is 0 Å². The van der Waals surface area contributed by atoms with Gasteiger partial charge in [0.2, 0.25) is 0 Å². The first kappa shape index (κ1) is 14.3. The summed E-state index contributed by atoms with van der Waals surface area (Å²) in [6, 6.07) is 7.25. The molecule has 4 heteroatoms. The van der Waals surface area contributed by atoms with E-state index in [1.165, 1.54) is 37.1 Å². The van der Waals surface area contributed by atoms with Crippen molar-refractivity contribution in [3.63, 3.8) is 0 Å². The highest BCUT2D eigenvalue weighted by Crippen LogP contribution is 2.30. The summed E-state index contributed by atoms with van der Waals surface area (Å²) in [6.45, 7) is 7.56. The Hall–Kier alpha value is -0.610. The van der Waals surface area contributed by atoms with Gasteiger partial charge in [0, 0.05) is 43.3 Å². The lowest BCUT2D eigenvalue weighted by molar-refractivity contribution is 0.0735. The Balaban J connectivity index is 1.79. The Morgan fingerprint density at radius 3 is 2.95 bits per heavy atom. The predicted octanol–water partition coefficient (Wildman–Crippen LogP) is 2.43.